The van der Waals surface area contributed by atoms with E-state index in [4.69, 9.17) is 16.3 Å². The molecule has 3 aliphatic heterocycles. The van der Waals surface area contributed by atoms with Gasteiger partial charge >= 0.3 is 0 Å². The number of ether oxygens (including phenoxy) is 1. The first kappa shape index (κ1) is 22.6. The number of aliphatic hydroxyl groups excluding tert-OH is 1. The van der Waals surface area contributed by atoms with Crippen LogP contribution in [0.1, 0.15) is 11.1 Å². The van der Waals surface area contributed by atoms with Gasteiger partial charge in [-0.1, -0.05) is 29.8 Å². The quantitative estimate of drug-likeness (QED) is 0.409. The number of morpholine rings is 1. The lowest BCUT2D eigenvalue weighted by atomic mass is 9.82. The number of fused-ring (bicyclic) bond motifs is 2. The molecule has 0 aliphatic carbocycles. The zero-order valence-electron chi connectivity index (χ0n) is 18.7. The number of benzene rings is 2. The van der Waals surface area contributed by atoms with Crippen LogP contribution in [0.5, 0.6) is 0 Å². The Morgan fingerprint density at radius 3 is 2.41 bits per heavy atom. The van der Waals surface area contributed by atoms with E-state index in [0.29, 0.717) is 54.7 Å². The van der Waals surface area contributed by atoms with Crippen molar-refractivity contribution in [3.8, 4) is 0 Å². The third-order valence-electron chi connectivity index (χ3n) is 6.80. The van der Waals surface area contributed by atoms with Gasteiger partial charge in [-0.3, -0.25) is 19.3 Å². The van der Waals surface area contributed by atoms with E-state index in [1.807, 2.05) is 0 Å². The van der Waals surface area contributed by atoms with E-state index in [1.165, 1.54) is 9.80 Å². The molecule has 2 amide bonds. The first-order chi connectivity index (χ1) is 16.4. The fourth-order valence-electron chi connectivity index (χ4n) is 5.09. The van der Waals surface area contributed by atoms with Crippen LogP contribution in [0.4, 0.5) is 5.69 Å². The summed E-state index contributed by atoms with van der Waals surface area (Å²) in [4.78, 5) is 45.7. The summed E-state index contributed by atoms with van der Waals surface area (Å²) in [6.07, 6.45) is 0. The predicted molar refractivity (Wildman–Crippen MR) is 127 cm³/mol. The monoisotopic (exact) mass is 481 g/mol. The zero-order valence-corrected chi connectivity index (χ0v) is 19.4. The third kappa shape index (κ3) is 3.25. The summed E-state index contributed by atoms with van der Waals surface area (Å²) in [6.45, 7) is 3.20. The Morgan fingerprint density at radius 2 is 1.71 bits per heavy atom. The SMILES string of the molecule is CN1C(=O)C2(/C(=C(/O)c3ccc(Cl)cc3)C(=O)C(=O)N2CCN2CCOCC2)c2ccccc21. The van der Waals surface area contributed by atoms with Crippen molar-refractivity contribution < 1.29 is 24.2 Å². The highest BCUT2D eigenvalue weighted by Gasteiger charge is 2.66. The molecular weight excluding hydrogens is 458 g/mol. The number of ketones is 1. The molecule has 8 nitrogen and oxygen atoms in total. The van der Waals surface area contributed by atoms with Crippen LogP contribution in [0, 0.1) is 0 Å². The number of nitrogens with zero attached hydrogens (tertiary/aromatic N) is 3. The van der Waals surface area contributed by atoms with Gasteiger partial charge in [0.2, 0.25) is 0 Å². The maximum atomic E-state index is 13.9. The number of aliphatic hydroxyl groups is 1. The second-order valence-electron chi connectivity index (χ2n) is 8.56. The Labute approximate surface area is 202 Å². The number of Topliss-reactive ketones (excluding diaryl/α,β-unsaturated/α-hetero) is 1. The molecule has 2 fully saturated rings. The van der Waals surface area contributed by atoms with Gasteiger partial charge in [0.05, 0.1) is 18.8 Å². The number of likely N-dealkylation sites (tertiary alicyclic amines) is 1. The summed E-state index contributed by atoms with van der Waals surface area (Å²) < 4.78 is 5.40. The molecule has 2 aromatic rings. The van der Waals surface area contributed by atoms with E-state index < -0.39 is 28.9 Å². The molecule has 0 aromatic heterocycles. The normalized spacial score (nSPS) is 24.4. The summed E-state index contributed by atoms with van der Waals surface area (Å²) >= 11 is 5.99. The Morgan fingerprint density at radius 1 is 1.03 bits per heavy atom. The van der Waals surface area contributed by atoms with Crippen molar-refractivity contribution >= 4 is 40.6 Å². The molecule has 9 heteroatoms. The highest BCUT2D eigenvalue weighted by molar-refractivity contribution is 6.50. The van der Waals surface area contributed by atoms with E-state index in [9.17, 15) is 19.5 Å². The minimum atomic E-state index is -1.74. The standard InChI is InChI=1S/C25H24ClN3O5/c1-27-19-5-3-2-4-18(19)25(24(27)33)20(21(30)16-6-8-17(26)9-7-16)22(31)23(32)29(25)11-10-28-12-14-34-15-13-28/h2-9,30H,10-15H2,1H3/b21-20+. The van der Waals surface area contributed by atoms with Gasteiger partial charge in [0.15, 0.2) is 5.54 Å². The minimum Gasteiger partial charge on any atom is -0.507 e. The zero-order chi connectivity index (χ0) is 24.0. The van der Waals surface area contributed by atoms with Gasteiger partial charge in [-0.15, -0.1) is 0 Å². The van der Waals surface area contributed by atoms with Gasteiger partial charge in [0, 0.05) is 55.1 Å². The molecule has 0 radical (unpaired) electrons. The molecule has 5 rings (SSSR count). The van der Waals surface area contributed by atoms with Crippen molar-refractivity contribution in [3.05, 3.63) is 70.3 Å². The number of carbonyl (C=O) groups excluding carboxylic acids is 3. The number of anilines is 1. The number of hydrogen-bond acceptors (Lipinski definition) is 6. The molecule has 2 saturated heterocycles. The Balaban J connectivity index is 1.69. The highest BCUT2D eigenvalue weighted by atomic mass is 35.5. The van der Waals surface area contributed by atoms with E-state index in [2.05, 4.69) is 4.90 Å². The van der Waals surface area contributed by atoms with E-state index >= 15 is 0 Å². The van der Waals surface area contributed by atoms with E-state index in [-0.39, 0.29) is 12.1 Å². The van der Waals surface area contributed by atoms with Crippen LogP contribution in [0.25, 0.3) is 5.76 Å². The van der Waals surface area contributed by atoms with Crippen LogP contribution in [-0.2, 0) is 24.7 Å². The van der Waals surface area contributed by atoms with Gasteiger partial charge in [-0.05, 0) is 30.3 Å². The van der Waals surface area contributed by atoms with E-state index in [0.717, 1.165) is 0 Å². The Kier molecular flexibility index (Phi) is 5.67. The average molecular weight is 482 g/mol. The number of para-hydroxylation sites is 1. The molecule has 0 saturated carbocycles. The first-order valence-corrected chi connectivity index (χ1v) is 11.5. The molecule has 1 N–H and O–H groups in total. The largest absolute Gasteiger partial charge is 0.507 e. The molecule has 3 aliphatic rings. The van der Waals surface area contributed by atoms with Crippen molar-refractivity contribution in [2.24, 2.45) is 0 Å². The van der Waals surface area contributed by atoms with Crippen LogP contribution in [0.2, 0.25) is 5.02 Å². The topological polar surface area (TPSA) is 90.4 Å². The Bertz CT molecular complexity index is 1210. The summed E-state index contributed by atoms with van der Waals surface area (Å²) in [5.41, 5.74) is -0.569. The van der Waals surface area contributed by atoms with Gasteiger partial charge in [0.25, 0.3) is 17.6 Å². The molecule has 34 heavy (non-hydrogen) atoms. The number of likely N-dealkylation sites (N-methyl/N-ethyl adjacent to an activating group) is 1. The second kappa shape index (κ2) is 8.54. The average Bonchev–Trinajstić information content (AvgIpc) is 3.22. The molecule has 1 spiro atoms. The van der Waals surface area contributed by atoms with Crippen molar-refractivity contribution in [1.29, 1.82) is 0 Å². The predicted octanol–water partition coefficient (Wildman–Crippen LogP) is 2.22. The fraction of sp³-hybridized carbons (Fsp3) is 0.320. The van der Waals surface area contributed by atoms with Crippen LogP contribution >= 0.6 is 11.6 Å². The number of hydrogen-bond donors (Lipinski definition) is 1. The Hall–Kier alpha value is -3.20. The van der Waals surface area contributed by atoms with Gasteiger partial charge < -0.3 is 19.6 Å². The summed E-state index contributed by atoms with van der Waals surface area (Å²) in [6, 6.07) is 13.3. The molecule has 3 heterocycles. The van der Waals surface area contributed by atoms with Gasteiger partial charge in [-0.2, -0.15) is 0 Å². The first-order valence-electron chi connectivity index (χ1n) is 11.1. The van der Waals surface area contributed by atoms with Crippen LogP contribution in [0.15, 0.2) is 54.1 Å². The minimum absolute atomic E-state index is 0.149. The number of halogens is 1. The fourth-order valence-corrected chi connectivity index (χ4v) is 5.22. The summed E-state index contributed by atoms with van der Waals surface area (Å²) in [5, 5.41) is 11.8. The molecule has 2 aromatic carbocycles. The van der Waals surface area contributed by atoms with Gasteiger partial charge in [-0.25, -0.2) is 0 Å². The van der Waals surface area contributed by atoms with Gasteiger partial charge in [0.1, 0.15) is 5.76 Å². The molecule has 1 unspecified atom stereocenters. The summed E-state index contributed by atoms with van der Waals surface area (Å²) in [5.74, 6) is -2.54. The lowest BCUT2D eigenvalue weighted by Crippen LogP contribution is -2.53. The third-order valence-corrected chi connectivity index (χ3v) is 7.05. The lowest BCUT2D eigenvalue weighted by molar-refractivity contribution is -0.144. The van der Waals surface area contributed by atoms with Crippen LogP contribution < -0.4 is 4.90 Å². The van der Waals surface area contributed by atoms with Crippen LogP contribution in [0.3, 0.4) is 0 Å². The highest BCUT2D eigenvalue weighted by Crippen LogP contribution is 2.53. The number of rotatable bonds is 4. The van der Waals surface area contributed by atoms with Crippen molar-refractivity contribution in [2.45, 2.75) is 5.54 Å². The van der Waals surface area contributed by atoms with Crippen molar-refractivity contribution in [3.63, 3.8) is 0 Å². The van der Waals surface area contributed by atoms with Crippen molar-refractivity contribution in [1.82, 2.24) is 9.80 Å². The summed E-state index contributed by atoms with van der Waals surface area (Å²) in [7, 11) is 1.61. The second-order valence-corrected chi connectivity index (χ2v) is 9.00. The smallest absolute Gasteiger partial charge is 0.296 e. The van der Waals surface area contributed by atoms with Crippen molar-refractivity contribution in [2.75, 3.05) is 51.3 Å². The number of carbonyl (C=O) groups is 3. The number of amides is 2. The maximum absolute atomic E-state index is 13.9. The molecule has 176 valence electrons. The van der Waals surface area contributed by atoms with E-state index in [1.54, 1.807) is 55.6 Å². The molecular formula is C25H24ClN3O5. The lowest BCUT2D eigenvalue weighted by Gasteiger charge is -2.36. The van der Waals surface area contributed by atoms with Crippen LogP contribution in [-0.4, -0.2) is 78.9 Å². The maximum Gasteiger partial charge on any atom is 0.296 e. The molecule has 0 bridgehead atoms. The molecule has 1 atom stereocenters.